The topological polar surface area (TPSA) is 44.1 Å². The average Bonchev–Trinajstić information content (AvgIpc) is 2.94. The number of aromatic nitrogens is 2. The van der Waals surface area contributed by atoms with E-state index in [2.05, 4.69) is 5.10 Å². The predicted molar refractivity (Wildman–Crippen MR) is 73.6 cm³/mol. The molecular weight excluding hydrogens is 240 g/mol. The number of ether oxygens (including phenoxy) is 1. The second-order valence-corrected chi connectivity index (χ2v) is 4.25. The van der Waals surface area contributed by atoms with Crippen molar-refractivity contribution < 1.29 is 9.53 Å². The van der Waals surface area contributed by atoms with Gasteiger partial charge in [0.15, 0.2) is 5.78 Å². The largest absolute Gasteiger partial charge is 0.381 e. The summed E-state index contributed by atoms with van der Waals surface area (Å²) in [6.45, 7) is 3.21. The van der Waals surface area contributed by atoms with E-state index in [-0.39, 0.29) is 5.78 Å². The van der Waals surface area contributed by atoms with E-state index in [1.165, 1.54) is 0 Å². The zero-order chi connectivity index (χ0) is 13.5. The number of benzene rings is 1. The third-order valence-electron chi connectivity index (χ3n) is 2.75. The van der Waals surface area contributed by atoms with Crippen LogP contribution in [0.2, 0.25) is 0 Å². The SMILES string of the molecule is CCCOCCC(=O)c1ccnn1-c1ccccc1. The lowest BCUT2D eigenvalue weighted by Crippen LogP contribution is -2.11. The Hall–Kier alpha value is -1.94. The average molecular weight is 258 g/mol. The number of carbonyl (C=O) groups excluding carboxylic acids is 1. The summed E-state index contributed by atoms with van der Waals surface area (Å²) in [5.41, 5.74) is 1.50. The Morgan fingerprint density at radius 2 is 2.00 bits per heavy atom. The van der Waals surface area contributed by atoms with Crippen molar-refractivity contribution in [1.82, 2.24) is 9.78 Å². The number of para-hydroxylation sites is 1. The maximum absolute atomic E-state index is 12.1. The summed E-state index contributed by atoms with van der Waals surface area (Å²) in [5, 5.41) is 4.21. The van der Waals surface area contributed by atoms with Crippen molar-refractivity contribution in [3.05, 3.63) is 48.3 Å². The van der Waals surface area contributed by atoms with Gasteiger partial charge in [0.1, 0.15) is 5.69 Å². The minimum absolute atomic E-state index is 0.0532. The highest BCUT2D eigenvalue weighted by atomic mass is 16.5. The van der Waals surface area contributed by atoms with Crippen LogP contribution < -0.4 is 0 Å². The summed E-state index contributed by atoms with van der Waals surface area (Å²) in [6.07, 6.45) is 3.00. The predicted octanol–water partition coefficient (Wildman–Crippen LogP) is 2.87. The molecule has 0 radical (unpaired) electrons. The highest BCUT2D eigenvalue weighted by Gasteiger charge is 2.12. The normalized spacial score (nSPS) is 10.6. The van der Waals surface area contributed by atoms with Gasteiger partial charge >= 0.3 is 0 Å². The number of hydrogen-bond acceptors (Lipinski definition) is 3. The van der Waals surface area contributed by atoms with Crippen molar-refractivity contribution in [2.45, 2.75) is 19.8 Å². The zero-order valence-corrected chi connectivity index (χ0v) is 11.1. The fourth-order valence-corrected chi connectivity index (χ4v) is 1.83. The molecular formula is C15H18N2O2. The van der Waals surface area contributed by atoms with Crippen molar-refractivity contribution in [1.29, 1.82) is 0 Å². The van der Waals surface area contributed by atoms with Gasteiger partial charge in [-0.1, -0.05) is 25.1 Å². The zero-order valence-electron chi connectivity index (χ0n) is 11.1. The molecule has 0 unspecified atom stereocenters. The minimum atomic E-state index is 0.0532. The molecule has 0 aliphatic carbocycles. The van der Waals surface area contributed by atoms with Crippen LogP contribution in [0.4, 0.5) is 0 Å². The highest BCUT2D eigenvalue weighted by molar-refractivity contribution is 5.95. The van der Waals surface area contributed by atoms with Crippen molar-refractivity contribution in [3.8, 4) is 5.69 Å². The van der Waals surface area contributed by atoms with E-state index in [0.717, 1.165) is 12.1 Å². The Labute approximate surface area is 113 Å². The number of rotatable bonds is 7. The first-order valence-corrected chi connectivity index (χ1v) is 6.53. The van der Waals surface area contributed by atoms with Crippen LogP contribution in [0.1, 0.15) is 30.3 Å². The Morgan fingerprint density at radius 1 is 1.21 bits per heavy atom. The molecule has 4 heteroatoms. The van der Waals surface area contributed by atoms with Crippen LogP contribution >= 0.6 is 0 Å². The fraction of sp³-hybridized carbons (Fsp3) is 0.333. The Balaban J connectivity index is 2.05. The molecule has 1 aromatic heterocycles. The molecule has 0 bridgehead atoms. The molecule has 0 saturated heterocycles. The van der Waals surface area contributed by atoms with Crippen molar-refractivity contribution in [3.63, 3.8) is 0 Å². The molecule has 2 rings (SSSR count). The van der Waals surface area contributed by atoms with Crippen LogP contribution in [0.3, 0.4) is 0 Å². The van der Waals surface area contributed by atoms with Gasteiger partial charge in [-0.25, -0.2) is 4.68 Å². The lowest BCUT2D eigenvalue weighted by molar-refractivity contribution is 0.0872. The van der Waals surface area contributed by atoms with E-state index in [4.69, 9.17) is 4.74 Å². The molecule has 100 valence electrons. The second-order valence-electron chi connectivity index (χ2n) is 4.25. The van der Waals surface area contributed by atoms with Crippen molar-refractivity contribution in [2.24, 2.45) is 0 Å². The van der Waals surface area contributed by atoms with E-state index in [1.807, 2.05) is 37.3 Å². The standard InChI is InChI=1S/C15H18N2O2/c1-2-11-19-12-9-15(18)14-8-10-16-17(14)13-6-4-3-5-7-13/h3-8,10H,2,9,11-12H2,1H3. The van der Waals surface area contributed by atoms with E-state index < -0.39 is 0 Å². The van der Waals surface area contributed by atoms with E-state index in [0.29, 0.717) is 25.3 Å². The van der Waals surface area contributed by atoms with Gasteiger partial charge in [-0.05, 0) is 24.6 Å². The number of nitrogens with zero attached hydrogens (tertiary/aromatic N) is 2. The number of Topliss-reactive ketones (excluding diaryl/α,β-unsaturated/α-hetero) is 1. The summed E-state index contributed by atoms with van der Waals surface area (Å²) in [7, 11) is 0. The molecule has 0 atom stereocenters. The van der Waals surface area contributed by atoms with Gasteiger partial charge in [0.2, 0.25) is 0 Å². The molecule has 1 aromatic carbocycles. The first-order chi connectivity index (χ1) is 9.33. The van der Waals surface area contributed by atoms with E-state index in [9.17, 15) is 4.79 Å². The quantitative estimate of drug-likeness (QED) is 0.566. The van der Waals surface area contributed by atoms with Gasteiger partial charge in [0.05, 0.1) is 18.5 Å². The molecule has 0 N–H and O–H groups in total. The molecule has 1 heterocycles. The molecule has 0 fully saturated rings. The molecule has 19 heavy (non-hydrogen) atoms. The maximum Gasteiger partial charge on any atom is 0.183 e. The van der Waals surface area contributed by atoms with E-state index >= 15 is 0 Å². The Bertz CT molecular complexity index is 520. The lowest BCUT2D eigenvalue weighted by atomic mass is 10.2. The molecule has 0 amide bonds. The third-order valence-corrected chi connectivity index (χ3v) is 2.75. The smallest absolute Gasteiger partial charge is 0.183 e. The summed E-state index contributed by atoms with van der Waals surface area (Å²) in [4.78, 5) is 12.1. The highest BCUT2D eigenvalue weighted by Crippen LogP contribution is 2.11. The Kier molecular flexibility index (Phi) is 4.86. The van der Waals surface area contributed by atoms with Crippen LogP contribution in [-0.4, -0.2) is 28.8 Å². The van der Waals surface area contributed by atoms with Crippen molar-refractivity contribution in [2.75, 3.05) is 13.2 Å². The molecule has 4 nitrogen and oxygen atoms in total. The van der Waals surface area contributed by atoms with Gasteiger partial charge in [-0.3, -0.25) is 4.79 Å². The van der Waals surface area contributed by atoms with Gasteiger partial charge in [-0.2, -0.15) is 5.10 Å². The summed E-state index contributed by atoms with van der Waals surface area (Å²) < 4.78 is 7.02. The summed E-state index contributed by atoms with van der Waals surface area (Å²) >= 11 is 0. The van der Waals surface area contributed by atoms with Crippen LogP contribution in [0.15, 0.2) is 42.6 Å². The minimum Gasteiger partial charge on any atom is -0.381 e. The summed E-state index contributed by atoms with van der Waals surface area (Å²) in [6, 6.07) is 11.4. The van der Waals surface area contributed by atoms with Crippen LogP contribution in [0, 0.1) is 0 Å². The van der Waals surface area contributed by atoms with Gasteiger partial charge < -0.3 is 4.74 Å². The molecule has 0 spiro atoms. The lowest BCUT2D eigenvalue weighted by Gasteiger charge is -2.06. The van der Waals surface area contributed by atoms with Gasteiger partial charge in [-0.15, -0.1) is 0 Å². The number of ketones is 1. The molecule has 0 aliphatic heterocycles. The molecule has 0 aliphatic rings. The first kappa shape index (κ1) is 13.5. The molecule has 0 saturated carbocycles. The monoisotopic (exact) mass is 258 g/mol. The van der Waals surface area contributed by atoms with Gasteiger partial charge in [0, 0.05) is 13.0 Å². The van der Waals surface area contributed by atoms with Crippen LogP contribution in [0.5, 0.6) is 0 Å². The van der Waals surface area contributed by atoms with Crippen LogP contribution in [0.25, 0.3) is 5.69 Å². The number of hydrogen-bond donors (Lipinski definition) is 0. The number of carbonyl (C=O) groups is 1. The Morgan fingerprint density at radius 3 is 2.74 bits per heavy atom. The van der Waals surface area contributed by atoms with Crippen LogP contribution in [-0.2, 0) is 4.74 Å². The molecule has 2 aromatic rings. The van der Waals surface area contributed by atoms with Gasteiger partial charge in [0.25, 0.3) is 0 Å². The fourth-order valence-electron chi connectivity index (χ4n) is 1.83. The van der Waals surface area contributed by atoms with E-state index in [1.54, 1.807) is 16.9 Å². The second kappa shape index (κ2) is 6.85. The summed E-state index contributed by atoms with van der Waals surface area (Å²) in [5.74, 6) is 0.0532. The first-order valence-electron chi connectivity index (χ1n) is 6.53. The third kappa shape index (κ3) is 3.51. The maximum atomic E-state index is 12.1. The van der Waals surface area contributed by atoms with Crippen molar-refractivity contribution >= 4 is 5.78 Å².